The third-order valence-corrected chi connectivity index (χ3v) is 4.64. The Hall–Kier alpha value is -2.22. The van der Waals surface area contributed by atoms with Gasteiger partial charge in [0, 0.05) is 4.47 Å². The SMILES string of the molecule is O=c1[nH]c(NC(CC2CC2)c2cc(F)cc(Br)c2)nc2[nH]ncc12. The van der Waals surface area contributed by atoms with Gasteiger partial charge < -0.3 is 5.32 Å². The number of rotatable bonds is 5. The lowest BCUT2D eigenvalue weighted by Gasteiger charge is -2.20. The molecule has 24 heavy (non-hydrogen) atoms. The van der Waals surface area contributed by atoms with Gasteiger partial charge in [-0.25, -0.2) is 4.39 Å². The lowest BCUT2D eigenvalue weighted by Crippen LogP contribution is -2.18. The van der Waals surface area contributed by atoms with E-state index in [-0.39, 0.29) is 17.4 Å². The first-order chi connectivity index (χ1) is 11.6. The molecular formula is C16H15BrFN5O. The molecular weight excluding hydrogens is 377 g/mol. The van der Waals surface area contributed by atoms with Crippen LogP contribution in [-0.2, 0) is 0 Å². The highest BCUT2D eigenvalue weighted by Crippen LogP contribution is 2.39. The van der Waals surface area contributed by atoms with Gasteiger partial charge in [-0.2, -0.15) is 10.1 Å². The Morgan fingerprint density at radius 1 is 1.38 bits per heavy atom. The molecule has 8 heteroatoms. The Morgan fingerprint density at radius 3 is 2.96 bits per heavy atom. The van der Waals surface area contributed by atoms with Crippen LogP contribution in [0.1, 0.15) is 30.9 Å². The molecule has 1 aliphatic rings. The Labute approximate surface area is 145 Å². The summed E-state index contributed by atoms with van der Waals surface area (Å²) >= 11 is 3.33. The number of halogens is 2. The number of nitrogens with one attached hydrogen (secondary N) is 3. The number of hydrogen-bond acceptors (Lipinski definition) is 4. The predicted molar refractivity (Wildman–Crippen MR) is 92.3 cm³/mol. The maximum atomic E-state index is 13.8. The summed E-state index contributed by atoms with van der Waals surface area (Å²) in [7, 11) is 0. The van der Waals surface area contributed by atoms with Crippen molar-refractivity contribution in [2.45, 2.75) is 25.3 Å². The third-order valence-electron chi connectivity index (χ3n) is 4.18. The average molecular weight is 392 g/mol. The van der Waals surface area contributed by atoms with Crippen LogP contribution in [0.3, 0.4) is 0 Å². The molecule has 1 aromatic carbocycles. The van der Waals surface area contributed by atoms with Crippen LogP contribution >= 0.6 is 15.9 Å². The van der Waals surface area contributed by atoms with E-state index in [1.165, 1.54) is 31.2 Å². The number of fused-ring (bicyclic) bond motifs is 1. The Morgan fingerprint density at radius 2 is 2.21 bits per heavy atom. The maximum Gasteiger partial charge on any atom is 0.263 e. The van der Waals surface area contributed by atoms with Crippen LogP contribution in [0.2, 0.25) is 0 Å². The van der Waals surface area contributed by atoms with Crippen molar-refractivity contribution in [3.05, 3.63) is 50.6 Å². The first-order valence-electron chi connectivity index (χ1n) is 7.74. The molecule has 6 nitrogen and oxygen atoms in total. The molecule has 3 aromatic rings. The molecule has 4 rings (SSSR count). The van der Waals surface area contributed by atoms with Gasteiger partial charge in [0.25, 0.3) is 5.56 Å². The fourth-order valence-corrected chi connectivity index (χ4v) is 3.30. The number of aromatic amines is 2. The van der Waals surface area contributed by atoms with Crippen molar-refractivity contribution in [3.8, 4) is 0 Å². The summed E-state index contributed by atoms with van der Waals surface area (Å²) in [4.78, 5) is 19.1. The topological polar surface area (TPSA) is 86.5 Å². The normalized spacial score (nSPS) is 15.6. The molecule has 2 aromatic heterocycles. The van der Waals surface area contributed by atoms with Gasteiger partial charge in [0.15, 0.2) is 5.65 Å². The summed E-state index contributed by atoms with van der Waals surface area (Å²) in [6.45, 7) is 0. The first kappa shape index (κ1) is 15.3. The second-order valence-corrected chi connectivity index (χ2v) is 7.04. The number of benzene rings is 1. The molecule has 124 valence electrons. The summed E-state index contributed by atoms with van der Waals surface area (Å²) in [6, 6.07) is 4.69. The number of hydrogen-bond donors (Lipinski definition) is 3. The van der Waals surface area contributed by atoms with Crippen LogP contribution in [0.25, 0.3) is 11.0 Å². The van der Waals surface area contributed by atoms with Crippen molar-refractivity contribution in [2.24, 2.45) is 5.92 Å². The van der Waals surface area contributed by atoms with Crippen molar-refractivity contribution < 1.29 is 4.39 Å². The van der Waals surface area contributed by atoms with Gasteiger partial charge in [0.1, 0.15) is 11.2 Å². The molecule has 0 radical (unpaired) electrons. The largest absolute Gasteiger partial charge is 0.349 e. The van der Waals surface area contributed by atoms with Gasteiger partial charge in [-0.3, -0.25) is 14.9 Å². The zero-order chi connectivity index (χ0) is 16.7. The maximum absolute atomic E-state index is 13.8. The highest BCUT2D eigenvalue weighted by atomic mass is 79.9. The van der Waals surface area contributed by atoms with Gasteiger partial charge in [0.05, 0.1) is 12.2 Å². The highest BCUT2D eigenvalue weighted by Gasteiger charge is 2.27. The molecule has 0 bridgehead atoms. The molecule has 1 saturated carbocycles. The van der Waals surface area contributed by atoms with Crippen molar-refractivity contribution in [2.75, 3.05) is 5.32 Å². The summed E-state index contributed by atoms with van der Waals surface area (Å²) in [5.74, 6) is 0.669. The Kier molecular flexibility index (Phi) is 3.84. The van der Waals surface area contributed by atoms with Gasteiger partial charge >= 0.3 is 0 Å². The summed E-state index contributed by atoms with van der Waals surface area (Å²) in [6.07, 6.45) is 4.66. The Balaban J connectivity index is 1.68. The standard InChI is InChI=1S/C16H15BrFN5O/c17-10-4-9(5-11(18)6-10)13(3-8-1-2-8)20-16-21-14-12(7-19-23-14)15(24)22-16/h4-8,13H,1-3H2,(H3,19,20,21,22,23,24). The minimum absolute atomic E-state index is 0.131. The van der Waals surface area contributed by atoms with Gasteiger partial charge in [-0.15, -0.1) is 0 Å². The van der Waals surface area contributed by atoms with Gasteiger partial charge in [-0.05, 0) is 36.1 Å². The lowest BCUT2D eigenvalue weighted by molar-refractivity contribution is 0.601. The van der Waals surface area contributed by atoms with E-state index in [0.29, 0.717) is 27.4 Å². The zero-order valence-corrected chi connectivity index (χ0v) is 14.2. The number of aromatic nitrogens is 4. The second kappa shape index (κ2) is 6.01. The van der Waals surface area contributed by atoms with Crippen LogP contribution in [0.5, 0.6) is 0 Å². The molecule has 1 unspecified atom stereocenters. The molecule has 1 fully saturated rings. The van der Waals surface area contributed by atoms with Crippen LogP contribution in [0.4, 0.5) is 10.3 Å². The van der Waals surface area contributed by atoms with Crippen LogP contribution in [0, 0.1) is 11.7 Å². The van der Waals surface area contributed by atoms with E-state index in [1.54, 1.807) is 0 Å². The zero-order valence-electron chi connectivity index (χ0n) is 12.6. The van der Waals surface area contributed by atoms with E-state index in [9.17, 15) is 9.18 Å². The quantitative estimate of drug-likeness (QED) is 0.621. The fourth-order valence-electron chi connectivity index (χ4n) is 2.82. The predicted octanol–water partition coefficient (Wildman–Crippen LogP) is 3.50. The van der Waals surface area contributed by atoms with Crippen molar-refractivity contribution >= 4 is 32.9 Å². The third kappa shape index (κ3) is 3.19. The van der Waals surface area contributed by atoms with E-state index in [2.05, 4.69) is 41.4 Å². The molecule has 0 saturated heterocycles. The molecule has 3 N–H and O–H groups in total. The number of nitrogens with zero attached hydrogens (tertiary/aromatic N) is 2. The number of H-pyrrole nitrogens is 2. The van der Waals surface area contributed by atoms with E-state index < -0.39 is 0 Å². The highest BCUT2D eigenvalue weighted by molar-refractivity contribution is 9.10. The fraction of sp³-hybridized carbons (Fsp3) is 0.312. The van der Waals surface area contributed by atoms with Gasteiger partial charge in [0.2, 0.25) is 5.95 Å². The molecule has 0 aliphatic heterocycles. The minimum Gasteiger partial charge on any atom is -0.349 e. The molecule has 1 aliphatic carbocycles. The summed E-state index contributed by atoms with van der Waals surface area (Å²) in [5, 5.41) is 10.2. The van der Waals surface area contributed by atoms with Crippen molar-refractivity contribution in [3.63, 3.8) is 0 Å². The molecule has 2 heterocycles. The number of anilines is 1. The Bertz CT molecular complexity index is 929. The monoisotopic (exact) mass is 391 g/mol. The van der Waals surface area contributed by atoms with Crippen LogP contribution < -0.4 is 10.9 Å². The smallest absolute Gasteiger partial charge is 0.263 e. The van der Waals surface area contributed by atoms with Gasteiger partial charge in [-0.1, -0.05) is 28.8 Å². The van der Waals surface area contributed by atoms with E-state index >= 15 is 0 Å². The summed E-state index contributed by atoms with van der Waals surface area (Å²) in [5.41, 5.74) is 0.981. The lowest BCUT2D eigenvalue weighted by atomic mass is 10.0. The van der Waals surface area contributed by atoms with Crippen LogP contribution in [-0.4, -0.2) is 20.2 Å². The van der Waals surface area contributed by atoms with Crippen molar-refractivity contribution in [1.29, 1.82) is 0 Å². The van der Waals surface area contributed by atoms with E-state index in [4.69, 9.17) is 0 Å². The molecule has 0 spiro atoms. The first-order valence-corrected chi connectivity index (χ1v) is 8.54. The van der Waals surface area contributed by atoms with E-state index in [0.717, 1.165) is 12.0 Å². The second-order valence-electron chi connectivity index (χ2n) is 6.13. The van der Waals surface area contributed by atoms with Crippen molar-refractivity contribution in [1.82, 2.24) is 20.2 Å². The minimum atomic E-state index is -0.299. The van der Waals surface area contributed by atoms with E-state index in [1.807, 2.05) is 6.07 Å². The molecule has 0 amide bonds. The molecule has 1 atom stereocenters. The average Bonchev–Trinajstić information content (AvgIpc) is 3.20. The summed E-state index contributed by atoms with van der Waals surface area (Å²) < 4.78 is 14.5. The van der Waals surface area contributed by atoms with Crippen LogP contribution in [0.15, 0.2) is 33.7 Å².